The summed E-state index contributed by atoms with van der Waals surface area (Å²) in [5.74, 6) is -2.57. The van der Waals surface area contributed by atoms with Gasteiger partial charge in [0.2, 0.25) is 9.84 Å². The zero-order valence-corrected chi connectivity index (χ0v) is 25.0. The van der Waals surface area contributed by atoms with E-state index in [9.17, 15) is 18.0 Å². The second-order valence-electron chi connectivity index (χ2n) is 11.8. The minimum atomic E-state index is -3.64. The smallest absolute Gasteiger partial charge is 0.318 e. The Bertz CT molecular complexity index is 1580. The Labute approximate surface area is 245 Å². The molecule has 0 aliphatic carbocycles. The van der Waals surface area contributed by atoms with Crippen LogP contribution in [0.4, 0.5) is 0 Å². The average molecular weight is 588 g/mol. The number of nitrogens with zero attached hydrogens (tertiary/aromatic N) is 1. The number of benzene rings is 3. The molecule has 0 saturated carbocycles. The van der Waals surface area contributed by atoms with E-state index in [2.05, 4.69) is 4.98 Å². The first-order valence-corrected chi connectivity index (χ1v) is 16.1. The Morgan fingerprint density at radius 3 is 2.00 bits per heavy atom. The van der Waals surface area contributed by atoms with Crippen molar-refractivity contribution in [1.29, 1.82) is 0 Å². The van der Waals surface area contributed by atoms with Crippen molar-refractivity contribution in [2.24, 2.45) is 11.3 Å². The number of ketones is 1. The lowest BCUT2D eigenvalue weighted by Crippen LogP contribution is -2.44. The van der Waals surface area contributed by atoms with Crippen LogP contribution >= 0.6 is 11.3 Å². The van der Waals surface area contributed by atoms with Crippen LogP contribution < -0.4 is 0 Å². The van der Waals surface area contributed by atoms with Crippen LogP contribution in [0.15, 0.2) is 101 Å². The topological polar surface area (TPSA) is 90.4 Å². The van der Waals surface area contributed by atoms with Crippen LogP contribution in [0, 0.1) is 11.3 Å². The summed E-state index contributed by atoms with van der Waals surface area (Å²) in [6.07, 6.45) is 0.541. The van der Waals surface area contributed by atoms with Gasteiger partial charge in [-0.25, -0.2) is 13.4 Å². The van der Waals surface area contributed by atoms with Crippen molar-refractivity contribution >= 4 is 32.9 Å². The molecule has 0 N–H and O–H groups in total. The summed E-state index contributed by atoms with van der Waals surface area (Å²) < 4.78 is 32.0. The SMILES string of the molecule is CC(C)(C)C(c1cccc(CS(=O)(=O)c2cscn2)c1)C1C(=O)OC(Cc2ccccc2)(Cc2ccccc2)C1=O. The largest absolute Gasteiger partial charge is 0.450 e. The number of hydrogen-bond acceptors (Lipinski definition) is 7. The fourth-order valence-corrected chi connectivity index (χ4v) is 8.07. The fraction of sp³-hybridized carbons (Fsp3) is 0.303. The van der Waals surface area contributed by atoms with Crippen molar-refractivity contribution < 1.29 is 22.7 Å². The number of aromatic nitrogens is 1. The summed E-state index contributed by atoms with van der Waals surface area (Å²) in [7, 11) is -3.64. The highest BCUT2D eigenvalue weighted by atomic mass is 32.2. The van der Waals surface area contributed by atoms with E-state index >= 15 is 0 Å². The maximum atomic E-state index is 14.5. The molecule has 2 unspecified atom stereocenters. The third kappa shape index (κ3) is 6.19. The first-order chi connectivity index (χ1) is 19.5. The van der Waals surface area contributed by atoms with Crippen LogP contribution in [-0.4, -0.2) is 30.8 Å². The van der Waals surface area contributed by atoms with Gasteiger partial charge in [-0.2, -0.15) is 0 Å². The molecule has 1 aromatic heterocycles. The lowest BCUT2D eigenvalue weighted by molar-refractivity contribution is -0.153. The Kier molecular flexibility index (Phi) is 7.99. The molecule has 1 aliphatic rings. The van der Waals surface area contributed by atoms with E-state index in [0.717, 1.165) is 16.7 Å². The summed E-state index contributed by atoms with van der Waals surface area (Å²) in [6.45, 7) is 5.97. The molecule has 41 heavy (non-hydrogen) atoms. The molecule has 0 amide bonds. The van der Waals surface area contributed by atoms with Crippen molar-refractivity contribution in [3.05, 3.63) is 118 Å². The predicted octanol–water partition coefficient (Wildman–Crippen LogP) is 6.21. The molecule has 2 heterocycles. The quantitative estimate of drug-likeness (QED) is 0.171. The highest BCUT2D eigenvalue weighted by Crippen LogP contribution is 2.48. The van der Waals surface area contributed by atoms with Gasteiger partial charge in [-0.3, -0.25) is 9.59 Å². The molecule has 1 saturated heterocycles. The van der Waals surface area contributed by atoms with Crippen LogP contribution in [0.1, 0.15) is 48.9 Å². The van der Waals surface area contributed by atoms with Crippen molar-refractivity contribution in [3.8, 4) is 0 Å². The number of sulfone groups is 1. The minimum Gasteiger partial charge on any atom is -0.450 e. The zero-order chi connectivity index (χ0) is 29.3. The predicted molar refractivity (Wildman–Crippen MR) is 159 cm³/mol. The molecule has 4 aromatic rings. The van der Waals surface area contributed by atoms with Gasteiger partial charge in [-0.1, -0.05) is 106 Å². The summed E-state index contributed by atoms with van der Waals surface area (Å²) in [5, 5.41) is 1.56. The fourth-order valence-electron chi connectivity index (χ4n) is 5.86. The average Bonchev–Trinajstić information content (AvgIpc) is 3.54. The summed E-state index contributed by atoms with van der Waals surface area (Å²) in [6, 6.07) is 26.4. The number of carbonyl (C=O) groups excluding carboxylic acids is 2. The highest BCUT2D eigenvalue weighted by Gasteiger charge is 2.59. The monoisotopic (exact) mass is 587 g/mol. The van der Waals surface area contributed by atoms with Gasteiger partial charge in [0.25, 0.3) is 0 Å². The summed E-state index contributed by atoms with van der Waals surface area (Å²) in [5.41, 5.74) is 2.75. The van der Waals surface area contributed by atoms with Crippen LogP contribution in [0.5, 0.6) is 0 Å². The lowest BCUT2D eigenvalue weighted by atomic mass is 9.66. The number of carbonyl (C=O) groups is 2. The van der Waals surface area contributed by atoms with E-state index in [0.29, 0.717) is 5.56 Å². The third-order valence-corrected chi connectivity index (χ3v) is 9.92. The third-order valence-electron chi connectivity index (χ3n) is 7.61. The van der Waals surface area contributed by atoms with E-state index in [-0.39, 0.29) is 29.4 Å². The van der Waals surface area contributed by atoms with Gasteiger partial charge >= 0.3 is 5.97 Å². The van der Waals surface area contributed by atoms with Gasteiger partial charge in [-0.05, 0) is 27.7 Å². The molecule has 0 radical (unpaired) electrons. The van der Waals surface area contributed by atoms with Gasteiger partial charge in [0.1, 0.15) is 5.92 Å². The molecule has 2 atom stereocenters. The molecule has 3 aromatic carbocycles. The summed E-state index contributed by atoms with van der Waals surface area (Å²) in [4.78, 5) is 32.3. The Balaban J connectivity index is 1.53. The molecule has 0 spiro atoms. The van der Waals surface area contributed by atoms with Crippen LogP contribution in [0.25, 0.3) is 0 Å². The summed E-state index contributed by atoms with van der Waals surface area (Å²) >= 11 is 1.23. The van der Waals surface area contributed by atoms with Crippen LogP contribution in [-0.2, 0) is 42.8 Å². The second-order valence-corrected chi connectivity index (χ2v) is 14.4. The van der Waals surface area contributed by atoms with Crippen molar-refractivity contribution in [2.75, 3.05) is 0 Å². The Morgan fingerprint density at radius 2 is 1.46 bits per heavy atom. The number of thiazole rings is 1. The van der Waals surface area contributed by atoms with E-state index in [1.807, 2.05) is 87.5 Å². The first kappa shape index (κ1) is 28.9. The highest BCUT2D eigenvalue weighted by molar-refractivity contribution is 7.90. The van der Waals surface area contributed by atoms with Crippen molar-refractivity contribution in [2.45, 2.75) is 55.9 Å². The van der Waals surface area contributed by atoms with Crippen LogP contribution in [0.3, 0.4) is 0 Å². The maximum Gasteiger partial charge on any atom is 0.318 e. The maximum absolute atomic E-state index is 14.5. The number of Topliss-reactive ketones (excluding diaryl/α,β-unsaturated/α-hetero) is 1. The van der Waals surface area contributed by atoms with E-state index < -0.39 is 38.7 Å². The number of hydrogen-bond donors (Lipinski definition) is 0. The molecular formula is C33H33NO5S2. The second kappa shape index (κ2) is 11.3. The standard InChI is InChI=1S/C33H33NO5S2/c1-32(2,3)29(26-16-10-15-25(17-26)21-41(37,38)27-20-40-22-34-27)28-30(35)33(39-31(28)36,18-23-11-6-4-7-12-23)19-24-13-8-5-9-14-24/h4-17,20,22,28-29H,18-19,21H2,1-3H3. The molecule has 8 heteroatoms. The van der Waals surface area contributed by atoms with Crippen molar-refractivity contribution in [1.82, 2.24) is 4.98 Å². The number of cyclic esters (lactones) is 1. The molecule has 5 rings (SSSR count). The zero-order valence-electron chi connectivity index (χ0n) is 23.3. The molecule has 1 fully saturated rings. The van der Waals surface area contributed by atoms with Crippen molar-refractivity contribution in [3.63, 3.8) is 0 Å². The van der Waals surface area contributed by atoms with Gasteiger partial charge in [0, 0.05) is 24.1 Å². The van der Waals surface area contributed by atoms with E-state index in [1.54, 1.807) is 18.2 Å². The van der Waals surface area contributed by atoms with E-state index in [1.165, 1.54) is 22.2 Å². The van der Waals surface area contributed by atoms with Gasteiger partial charge in [0.05, 0.1) is 11.3 Å². The molecule has 1 aliphatic heterocycles. The Morgan fingerprint density at radius 1 is 0.878 bits per heavy atom. The van der Waals surface area contributed by atoms with Gasteiger partial charge in [-0.15, -0.1) is 11.3 Å². The molecule has 0 bridgehead atoms. The van der Waals surface area contributed by atoms with E-state index in [4.69, 9.17) is 4.74 Å². The van der Waals surface area contributed by atoms with Crippen LogP contribution in [0.2, 0.25) is 0 Å². The van der Waals surface area contributed by atoms with Gasteiger partial charge in [0.15, 0.2) is 16.4 Å². The number of rotatable bonds is 9. The molecular weight excluding hydrogens is 554 g/mol. The number of esters is 1. The lowest BCUT2D eigenvalue weighted by Gasteiger charge is -2.34. The molecule has 6 nitrogen and oxygen atoms in total. The van der Waals surface area contributed by atoms with Gasteiger partial charge < -0.3 is 4.74 Å². The normalized spacial score (nSPS) is 17.8. The first-order valence-electron chi connectivity index (χ1n) is 13.5. The molecule has 212 valence electrons. The Hall–Kier alpha value is -3.62. The minimum absolute atomic E-state index is 0.0430. The number of ether oxygens (including phenoxy) is 1.